The van der Waals surface area contributed by atoms with E-state index in [4.69, 9.17) is 10.5 Å². The van der Waals surface area contributed by atoms with Crippen LogP contribution in [0.5, 0.6) is 5.75 Å². The second kappa shape index (κ2) is 5.71. The molecule has 0 amide bonds. The predicted molar refractivity (Wildman–Crippen MR) is 85.7 cm³/mol. The number of benzene rings is 1. The molecule has 0 aliphatic carbocycles. The molecule has 5 nitrogen and oxygen atoms in total. The Labute approximate surface area is 125 Å². The molecule has 21 heavy (non-hydrogen) atoms. The summed E-state index contributed by atoms with van der Waals surface area (Å²) in [5.41, 5.74) is 9.31. The van der Waals surface area contributed by atoms with Crippen molar-refractivity contribution in [3.8, 4) is 5.75 Å². The van der Waals surface area contributed by atoms with Crippen LogP contribution in [0, 0.1) is 0 Å². The molecule has 0 unspecified atom stereocenters. The predicted octanol–water partition coefficient (Wildman–Crippen LogP) is 1.91. The zero-order chi connectivity index (χ0) is 14.7. The van der Waals surface area contributed by atoms with Crippen molar-refractivity contribution in [2.75, 3.05) is 39.0 Å². The van der Waals surface area contributed by atoms with Crippen LogP contribution in [0.2, 0.25) is 0 Å². The molecule has 1 fully saturated rings. The molecule has 2 heterocycles. The van der Waals surface area contributed by atoms with Crippen LogP contribution in [0.3, 0.4) is 0 Å². The van der Waals surface area contributed by atoms with Crippen molar-refractivity contribution in [2.45, 2.75) is 0 Å². The third-order valence-electron chi connectivity index (χ3n) is 4.20. The van der Waals surface area contributed by atoms with E-state index in [2.05, 4.69) is 22.4 Å². The zero-order valence-electron chi connectivity index (χ0n) is 12.2. The fourth-order valence-corrected chi connectivity index (χ4v) is 3.07. The van der Waals surface area contributed by atoms with Crippen LogP contribution in [-0.2, 0) is 0 Å². The Balaban J connectivity index is 2.10. The highest BCUT2D eigenvalue weighted by Crippen LogP contribution is 2.38. The largest absolute Gasteiger partial charge is 0.497 e. The summed E-state index contributed by atoms with van der Waals surface area (Å²) in [7, 11) is 1.69. The maximum Gasteiger partial charge on any atom is 0.164 e. The molecule has 0 saturated carbocycles. The van der Waals surface area contributed by atoms with Gasteiger partial charge in [0, 0.05) is 37.5 Å². The fraction of sp³-hybridized carbons (Fsp3) is 0.312. The molecule has 0 bridgehead atoms. The van der Waals surface area contributed by atoms with E-state index in [9.17, 15) is 0 Å². The van der Waals surface area contributed by atoms with Gasteiger partial charge in [-0.1, -0.05) is 0 Å². The summed E-state index contributed by atoms with van der Waals surface area (Å²) in [4.78, 5) is 4.12. The molecule has 1 aliphatic heterocycles. The van der Waals surface area contributed by atoms with E-state index in [1.807, 2.05) is 24.4 Å². The second-order valence-corrected chi connectivity index (χ2v) is 5.30. The molecular weight excluding hydrogens is 264 g/mol. The number of nitrogens with zero attached hydrogens (tertiary/aromatic N) is 2. The van der Waals surface area contributed by atoms with E-state index in [0.29, 0.717) is 0 Å². The molecule has 1 aliphatic rings. The zero-order valence-corrected chi connectivity index (χ0v) is 12.2. The first-order valence-electron chi connectivity index (χ1n) is 7.19. The number of nitrogens with one attached hydrogen (secondary N) is 1. The number of pyridine rings is 1. The molecular formula is C16H21N4O+. The van der Waals surface area contributed by atoms with Gasteiger partial charge in [0.2, 0.25) is 0 Å². The monoisotopic (exact) mass is 285 g/mol. The van der Waals surface area contributed by atoms with Gasteiger partial charge in [-0.3, -0.25) is 9.47 Å². The van der Waals surface area contributed by atoms with Gasteiger partial charge in [0.15, 0.2) is 5.69 Å². The lowest BCUT2D eigenvalue weighted by Gasteiger charge is -2.41. The minimum absolute atomic E-state index is 0.746. The number of quaternary nitrogens is 1. The van der Waals surface area contributed by atoms with Crippen molar-refractivity contribution in [1.29, 1.82) is 0 Å². The second-order valence-electron chi connectivity index (χ2n) is 5.30. The molecule has 1 aromatic heterocycles. The molecule has 3 N–H and O–H groups in total. The van der Waals surface area contributed by atoms with Crippen LogP contribution in [-0.4, -0.2) is 38.3 Å². The van der Waals surface area contributed by atoms with Crippen LogP contribution in [0.4, 0.5) is 17.1 Å². The molecule has 3 rings (SSSR count). The lowest BCUT2D eigenvalue weighted by Crippen LogP contribution is -2.56. The molecule has 5 heteroatoms. The van der Waals surface area contributed by atoms with Crippen molar-refractivity contribution in [2.24, 2.45) is 0 Å². The highest BCUT2D eigenvalue weighted by atomic mass is 16.5. The van der Waals surface area contributed by atoms with Crippen molar-refractivity contribution < 1.29 is 4.74 Å². The maximum atomic E-state index is 6.21. The van der Waals surface area contributed by atoms with Crippen molar-refractivity contribution >= 4 is 17.1 Å². The van der Waals surface area contributed by atoms with E-state index in [-0.39, 0.29) is 0 Å². The summed E-state index contributed by atoms with van der Waals surface area (Å²) in [6, 6.07) is 10.3. The van der Waals surface area contributed by atoms with Crippen LogP contribution >= 0.6 is 0 Å². The van der Waals surface area contributed by atoms with Gasteiger partial charge in [0.05, 0.1) is 13.3 Å². The highest BCUT2D eigenvalue weighted by molar-refractivity contribution is 5.70. The first kappa shape index (κ1) is 13.9. The number of methoxy groups -OCH3 is 1. The summed E-state index contributed by atoms with van der Waals surface area (Å²) < 4.78 is 6.02. The number of ether oxygens (including phenoxy) is 1. The minimum Gasteiger partial charge on any atom is -0.497 e. The third kappa shape index (κ3) is 2.46. The maximum absolute atomic E-state index is 6.21. The number of hydrogen-bond acceptors (Lipinski definition) is 4. The molecule has 0 radical (unpaired) electrons. The molecule has 0 spiro atoms. The Morgan fingerprint density at radius 1 is 1.14 bits per heavy atom. The van der Waals surface area contributed by atoms with E-state index in [1.165, 1.54) is 5.69 Å². The fourth-order valence-electron chi connectivity index (χ4n) is 3.07. The van der Waals surface area contributed by atoms with E-state index in [1.54, 1.807) is 13.3 Å². The lowest BCUT2D eigenvalue weighted by molar-refractivity contribution is 0.330. The smallest absolute Gasteiger partial charge is 0.164 e. The SMILES string of the molecule is COc1ccc([N+]2(c3ccncc3N)CCNCC2)cc1. The summed E-state index contributed by atoms with van der Waals surface area (Å²) in [5, 5.41) is 3.42. The standard InChI is InChI=1S/C16H21N4O/c1-21-14-4-2-13(3-5-14)20(10-8-18-9-11-20)16-6-7-19-12-15(16)17/h2-7,12,18H,8-11,17H2,1H3/q+1. The van der Waals surface area contributed by atoms with Crippen molar-refractivity contribution in [1.82, 2.24) is 14.8 Å². The molecule has 1 aromatic carbocycles. The van der Waals surface area contributed by atoms with Gasteiger partial charge in [0.1, 0.15) is 30.2 Å². The Morgan fingerprint density at radius 3 is 2.48 bits per heavy atom. The molecule has 110 valence electrons. The average molecular weight is 285 g/mol. The average Bonchev–Trinajstić information content (AvgIpc) is 2.56. The summed E-state index contributed by atoms with van der Waals surface area (Å²) in [6.45, 7) is 3.88. The molecule has 2 aromatic rings. The number of nitrogen functional groups attached to an aromatic ring is 1. The van der Waals surface area contributed by atoms with Crippen molar-refractivity contribution in [3.05, 3.63) is 42.7 Å². The topological polar surface area (TPSA) is 60.2 Å². The third-order valence-corrected chi connectivity index (χ3v) is 4.20. The van der Waals surface area contributed by atoms with E-state index >= 15 is 0 Å². The Hall–Kier alpha value is -2.11. The van der Waals surface area contributed by atoms with Gasteiger partial charge in [-0.15, -0.1) is 0 Å². The number of piperazine rings is 1. The quantitative estimate of drug-likeness (QED) is 0.846. The van der Waals surface area contributed by atoms with Crippen LogP contribution in [0.1, 0.15) is 0 Å². The number of aromatic nitrogens is 1. The summed E-state index contributed by atoms with van der Waals surface area (Å²) in [5.74, 6) is 0.870. The number of anilines is 1. The highest BCUT2D eigenvalue weighted by Gasteiger charge is 2.36. The number of rotatable bonds is 3. The van der Waals surface area contributed by atoms with Crippen molar-refractivity contribution in [3.63, 3.8) is 0 Å². The Morgan fingerprint density at radius 2 is 1.86 bits per heavy atom. The summed E-state index contributed by atoms with van der Waals surface area (Å²) in [6.07, 6.45) is 3.55. The van der Waals surface area contributed by atoms with Gasteiger partial charge in [-0.2, -0.15) is 0 Å². The van der Waals surface area contributed by atoms with Gasteiger partial charge >= 0.3 is 0 Å². The van der Waals surface area contributed by atoms with E-state index in [0.717, 1.165) is 47.8 Å². The lowest BCUT2D eigenvalue weighted by atomic mass is 10.1. The number of nitrogens with two attached hydrogens (primary N) is 1. The van der Waals surface area contributed by atoms with E-state index < -0.39 is 0 Å². The van der Waals surface area contributed by atoms with Gasteiger partial charge in [-0.25, -0.2) is 0 Å². The number of hydrogen-bond donors (Lipinski definition) is 2. The van der Waals surface area contributed by atoms with Gasteiger partial charge in [-0.05, 0) is 12.1 Å². The Bertz CT molecular complexity index is 606. The Kier molecular flexibility index (Phi) is 3.77. The molecule has 0 atom stereocenters. The van der Waals surface area contributed by atoms with Crippen LogP contribution < -0.4 is 20.3 Å². The first-order valence-corrected chi connectivity index (χ1v) is 7.19. The molecule has 1 saturated heterocycles. The first-order chi connectivity index (χ1) is 10.3. The van der Waals surface area contributed by atoms with Gasteiger partial charge in [0.25, 0.3) is 0 Å². The van der Waals surface area contributed by atoms with Gasteiger partial charge < -0.3 is 15.8 Å². The minimum atomic E-state index is 0.746. The van der Waals surface area contributed by atoms with Crippen LogP contribution in [0.15, 0.2) is 42.7 Å². The van der Waals surface area contributed by atoms with Crippen LogP contribution in [0.25, 0.3) is 0 Å². The summed E-state index contributed by atoms with van der Waals surface area (Å²) >= 11 is 0. The normalized spacial score (nSPS) is 17.4.